The maximum atomic E-state index is 14.4. The van der Waals surface area contributed by atoms with Crippen molar-refractivity contribution in [2.24, 2.45) is 23.7 Å². The van der Waals surface area contributed by atoms with Crippen LogP contribution in [0.25, 0.3) is 0 Å². The van der Waals surface area contributed by atoms with Crippen molar-refractivity contribution in [2.75, 3.05) is 13.2 Å². The van der Waals surface area contributed by atoms with Gasteiger partial charge in [-0.25, -0.2) is 9.13 Å². The van der Waals surface area contributed by atoms with Gasteiger partial charge in [-0.15, -0.1) is 0 Å². The molecule has 0 bridgehead atoms. The first-order valence-electron chi connectivity index (χ1n) is 33.4. The first kappa shape index (κ1) is 74.0. The van der Waals surface area contributed by atoms with E-state index in [1.54, 1.807) is 11.8 Å². The molecule has 5 unspecified atom stereocenters. The Morgan fingerprint density at radius 1 is 0.337 bits per heavy atom. The molecule has 0 spiro atoms. The Morgan fingerprint density at radius 3 is 0.929 bits per heavy atom. The molecule has 9 aromatic rings. The highest BCUT2D eigenvalue weighted by molar-refractivity contribution is 7.99. The Balaban J connectivity index is 0.000000214. The van der Waals surface area contributed by atoms with Crippen molar-refractivity contribution in [3.8, 4) is 0 Å². The summed E-state index contributed by atoms with van der Waals surface area (Å²) in [5.41, 5.74) is 7.09. The van der Waals surface area contributed by atoms with Gasteiger partial charge in [-0.2, -0.15) is 0 Å². The summed E-state index contributed by atoms with van der Waals surface area (Å²) in [6, 6.07) is 87.9. The summed E-state index contributed by atoms with van der Waals surface area (Å²) in [6.07, 6.45) is -4.29. The normalized spacial score (nSPS) is 21.7. The van der Waals surface area contributed by atoms with E-state index < -0.39 is 52.5 Å². The van der Waals surface area contributed by atoms with Crippen molar-refractivity contribution in [3.63, 3.8) is 0 Å². The fraction of sp³-hybridized carbons (Fsp3) is 0.325. The van der Waals surface area contributed by atoms with E-state index in [1.807, 2.05) is 263 Å². The van der Waals surface area contributed by atoms with Crippen LogP contribution in [0.4, 0.5) is 0 Å². The smallest absolute Gasteiger partial charge is 0.370 e. The molecule has 12 atom stereocenters. The monoisotopic (exact) mass is 1380 g/mol. The van der Waals surface area contributed by atoms with Gasteiger partial charge in [-0.05, 0) is 80.3 Å². The summed E-state index contributed by atoms with van der Waals surface area (Å²) < 4.78 is 103. The molecule has 0 amide bonds. The second-order valence-corrected chi connectivity index (χ2v) is 29.1. The van der Waals surface area contributed by atoms with Gasteiger partial charge in [0, 0.05) is 4.90 Å². The van der Waals surface area contributed by atoms with E-state index in [0.29, 0.717) is 19.8 Å². The number of hydrogen-bond donors (Lipinski definition) is 1. The molecule has 0 aliphatic carbocycles. The molecule has 0 radical (unpaired) electrons. The van der Waals surface area contributed by atoms with Crippen molar-refractivity contribution in [1.82, 2.24) is 0 Å². The van der Waals surface area contributed by atoms with Crippen LogP contribution in [0.2, 0.25) is 0 Å². The number of aliphatic hydroxyl groups is 1. The molecular formula is C80H90O15P2S. The van der Waals surface area contributed by atoms with Crippen LogP contribution >= 0.6 is 27.4 Å². The molecule has 1 N–H and O–H groups in total. The van der Waals surface area contributed by atoms with E-state index in [1.165, 1.54) is 0 Å². The third-order valence-electron chi connectivity index (χ3n) is 17.5. The first-order chi connectivity index (χ1) is 47.9. The largest absolute Gasteiger partial charge is 0.475 e. The average molecular weight is 1390 g/mol. The molecule has 2 fully saturated rings. The highest BCUT2D eigenvalue weighted by atomic mass is 32.2. The summed E-state index contributed by atoms with van der Waals surface area (Å²) >= 11 is 1.64. The van der Waals surface area contributed by atoms with Crippen LogP contribution in [0, 0.1) is 23.7 Å². The van der Waals surface area contributed by atoms with E-state index in [9.17, 15) is 14.2 Å². The first-order valence-corrected chi connectivity index (χ1v) is 37.2. The predicted molar refractivity (Wildman–Crippen MR) is 381 cm³/mol. The number of aliphatic hydroxyl groups excluding tert-OH is 1. The van der Waals surface area contributed by atoms with Crippen LogP contribution < -0.4 is 0 Å². The Kier molecular flexibility index (Phi) is 29.2. The number of benzene rings is 9. The maximum Gasteiger partial charge on any atom is 0.475 e. The quantitative estimate of drug-likeness (QED) is 0.0378. The molecular weight excluding hydrogens is 1290 g/mol. The van der Waals surface area contributed by atoms with Crippen LogP contribution in [0.15, 0.2) is 278 Å². The zero-order valence-corrected chi connectivity index (χ0v) is 58.6. The third-order valence-corrected chi connectivity index (χ3v) is 21.4. The second-order valence-electron chi connectivity index (χ2n) is 24.5. The lowest BCUT2D eigenvalue weighted by Gasteiger charge is -2.46. The minimum Gasteiger partial charge on any atom is -0.370 e. The number of thioether (sulfide) groups is 1. The van der Waals surface area contributed by atoms with Gasteiger partial charge in [0.2, 0.25) is 0 Å². The van der Waals surface area contributed by atoms with Gasteiger partial charge >= 0.3 is 15.6 Å². The summed E-state index contributed by atoms with van der Waals surface area (Å²) in [4.78, 5) is 1.08. The molecule has 0 saturated carbocycles. The van der Waals surface area contributed by atoms with Crippen LogP contribution in [0.3, 0.4) is 0 Å². The fourth-order valence-corrected chi connectivity index (χ4v) is 15.1. The van der Waals surface area contributed by atoms with E-state index in [0.717, 1.165) is 49.4 Å². The van der Waals surface area contributed by atoms with Crippen molar-refractivity contribution < 1.29 is 69.8 Å². The zero-order chi connectivity index (χ0) is 68.2. The number of phosphoric ester groups is 2. The van der Waals surface area contributed by atoms with Crippen molar-refractivity contribution in [2.45, 2.75) is 134 Å². The average Bonchev–Trinajstić information content (AvgIpc) is 0.812. The van der Waals surface area contributed by atoms with E-state index in [2.05, 4.69) is 38.1 Å². The Bertz CT molecular complexity index is 3660. The van der Waals surface area contributed by atoms with Gasteiger partial charge in [-0.3, -0.25) is 27.1 Å². The van der Waals surface area contributed by atoms with Crippen molar-refractivity contribution in [1.29, 1.82) is 0 Å². The Morgan fingerprint density at radius 2 is 0.602 bits per heavy atom. The highest BCUT2D eigenvalue weighted by Gasteiger charge is 2.48. The molecule has 2 saturated heterocycles. The molecule has 0 aromatic heterocycles. The fourth-order valence-electron chi connectivity index (χ4n) is 11.5. The summed E-state index contributed by atoms with van der Waals surface area (Å²) in [5.74, 6) is -0.117. The minimum absolute atomic E-state index is 0.00682. The van der Waals surface area contributed by atoms with Gasteiger partial charge in [0.05, 0.1) is 84.4 Å². The van der Waals surface area contributed by atoms with Crippen LogP contribution in [0.1, 0.15) is 72.2 Å². The predicted octanol–water partition coefficient (Wildman–Crippen LogP) is 18.2. The lowest BCUT2D eigenvalue weighted by atomic mass is 9.81. The summed E-state index contributed by atoms with van der Waals surface area (Å²) in [6.45, 7) is 9.81. The lowest BCUT2D eigenvalue weighted by Crippen LogP contribution is -2.55. The van der Waals surface area contributed by atoms with Gasteiger partial charge in [-0.1, -0.05) is 300 Å². The van der Waals surface area contributed by atoms with Crippen LogP contribution in [0.5, 0.6) is 0 Å². The molecule has 18 heteroatoms. The van der Waals surface area contributed by atoms with Gasteiger partial charge in [0.15, 0.2) is 6.29 Å². The van der Waals surface area contributed by atoms with Crippen LogP contribution in [-0.2, 0) is 118 Å². The number of phosphoric acid groups is 2. The molecule has 11 rings (SSSR count). The second kappa shape index (κ2) is 38.7. The highest BCUT2D eigenvalue weighted by Crippen LogP contribution is 2.53. The SMILES string of the molecule is CC1[C@H](C)C([C@@H](COP(=O)(OCc2ccccc2)OCc2ccccc2)OCc2ccccc2)OC(O)[C@@H]1OCc1ccccc1.CC1[C@H](C)C([C@@H](COP(=O)(OCc2ccccc2)OCc2ccccc2)OCc2ccccc2)O[C@H](Sc2ccccc2)[C@@H]1OCc1ccccc1. The minimum atomic E-state index is -4.08. The van der Waals surface area contributed by atoms with E-state index >= 15 is 0 Å². The molecule has 2 aliphatic rings. The Hall–Kier alpha value is -6.73. The molecule has 98 heavy (non-hydrogen) atoms. The summed E-state index contributed by atoms with van der Waals surface area (Å²) in [7, 11) is -8.16. The molecule has 2 aliphatic heterocycles. The molecule has 516 valence electrons. The summed E-state index contributed by atoms with van der Waals surface area (Å²) in [5, 5.41) is 11.1. The van der Waals surface area contributed by atoms with Gasteiger partial charge in [0.1, 0.15) is 23.7 Å². The Labute approximate surface area is 582 Å². The zero-order valence-electron chi connectivity index (χ0n) is 55.9. The van der Waals surface area contributed by atoms with Crippen molar-refractivity contribution in [3.05, 3.63) is 317 Å². The molecule has 15 nitrogen and oxygen atoms in total. The third kappa shape index (κ3) is 23.2. The number of ether oxygens (including phenoxy) is 6. The lowest BCUT2D eigenvalue weighted by molar-refractivity contribution is -0.286. The van der Waals surface area contributed by atoms with Gasteiger partial charge < -0.3 is 33.5 Å². The van der Waals surface area contributed by atoms with Gasteiger partial charge in [0.25, 0.3) is 0 Å². The van der Waals surface area contributed by atoms with Crippen LogP contribution in [-0.4, -0.2) is 66.7 Å². The number of hydrogen-bond acceptors (Lipinski definition) is 16. The standard InChI is InChI=1S/C43H47O7PS.C37H43O8P/c1-33-34(2)42(46-29-36-20-10-4-11-21-36)43(52-39-26-16-7-17-27-39)50-41(33)40(45-28-35-18-8-3-9-19-35)32-49-51(44,47-30-37-22-12-5-13-23-37)48-31-38-24-14-6-15-25-38;1-28-29(2)36(41-24-31-17-9-4-10-18-31)37(38)45-35(28)34(40-23-30-15-7-3-8-16-30)27-44-46(39,42-25-32-19-11-5-12-20-32)43-26-33-21-13-6-14-22-33/h3-27,33-34,40-43H,28-32H2,1-2H3;3-22,28-29,34-38H,23-27H2,1-2H3/t33-,34?,40+,41?,42+,43+;28-,29?,34+,35?,36+,37?/m00/s1. The van der Waals surface area contributed by atoms with Crippen molar-refractivity contribution >= 4 is 27.4 Å². The van der Waals surface area contributed by atoms with E-state index in [-0.39, 0.29) is 81.5 Å². The van der Waals surface area contributed by atoms with E-state index in [4.69, 9.17) is 55.6 Å². The molecule has 2 heterocycles. The maximum absolute atomic E-state index is 14.4. The number of rotatable bonds is 34. The molecule has 9 aromatic carbocycles. The topological polar surface area (TPSA) is 165 Å².